The highest BCUT2D eigenvalue weighted by Crippen LogP contribution is 2.33. The number of rotatable bonds is 4. The normalized spacial score (nSPS) is 11.7. The molecule has 1 N–H and O–H groups in total. The molecule has 0 aliphatic heterocycles. The van der Waals surface area contributed by atoms with E-state index in [0.29, 0.717) is 12.1 Å². The number of hydrogen-bond donors (Lipinski definition) is 1. The molecule has 4 heteroatoms. The molecule has 3 aromatic rings. The maximum atomic E-state index is 13.4. The van der Waals surface area contributed by atoms with Gasteiger partial charge in [-0.25, -0.2) is 4.39 Å². The van der Waals surface area contributed by atoms with E-state index in [1.54, 1.807) is 17.2 Å². The number of carbonyl (C=O) groups excluding carboxylic acids is 1. The number of anilines is 1. The van der Waals surface area contributed by atoms with Crippen LogP contribution in [-0.2, 0) is 10.2 Å². The SMILES string of the molecule is CCN(C(=O)C(C)(C)c1c[nH]c2cc(F)ccc12)c1ccccc1. The Morgan fingerprint density at radius 1 is 1.17 bits per heavy atom. The Morgan fingerprint density at radius 2 is 1.88 bits per heavy atom. The zero-order valence-electron chi connectivity index (χ0n) is 14.1. The summed E-state index contributed by atoms with van der Waals surface area (Å²) < 4.78 is 13.4. The van der Waals surface area contributed by atoms with E-state index in [4.69, 9.17) is 0 Å². The van der Waals surface area contributed by atoms with Crippen molar-refractivity contribution in [3.63, 3.8) is 0 Å². The number of hydrogen-bond acceptors (Lipinski definition) is 1. The fourth-order valence-corrected chi connectivity index (χ4v) is 3.12. The van der Waals surface area contributed by atoms with E-state index in [-0.39, 0.29) is 11.7 Å². The van der Waals surface area contributed by atoms with Crippen LogP contribution in [0.4, 0.5) is 10.1 Å². The van der Waals surface area contributed by atoms with Crippen LogP contribution in [0.1, 0.15) is 26.3 Å². The number of nitrogens with one attached hydrogen (secondary N) is 1. The van der Waals surface area contributed by atoms with Crippen LogP contribution in [-0.4, -0.2) is 17.4 Å². The predicted molar refractivity (Wildman–Crippen MR) is 95.8 cm³/mol. The molecule has 0 spiro atoms. The van der Waals surface area contributed by atoms with Gasteiger partial charge in [0, 0.05) is 29.3 Å². The van der Waals surface area contributed by atoms with Gasteiger partial charge in [-0.15, -0.1) is 0 Å². The van der Waals surface area contributed by atoms with Crippen LogP contribution in [0.15, 0.2) is 54.7 Å². The molecule has 3 rings (SSSR count). The van der Waals surface area contributed by atoms with Gasteiger partial charge in [0.25, 0.3) is 0 Å². The molecule has 0 aliphatic carbocycles. The summed E-state index contributed by atoms with van der Waals surface area (Å²) >= 11 is 0. The second-order valence-corrected chi connectivity index (χ2v) is 6.40. The molecule has 3 nitrogen and oxygen atoms in total. The lowest BCUT2D eigenvalue weighted by Crippen LogP contribution is -2.43. The molecule has 0 radical (unpaired) electrons. The van der Waals surface area contributed by atoms with Crippen molar-refractivity contribution in [2.75, 3.05) is 11.4 Å². The van der Waals surface area contributed by atoms with Crippen LogP contribution < -0.4 is 4.90 Å². The highest BCUT2D eigenvalue weighted by molar-refractivity contribution is 6.03. The zero-order valence-corrected chi connectivity index (χ0v) is 14.1. The highest BCUT2D eigenvalue weighted by atomic mass is 19.1. The summed E-state index contributed by atoms with van der Waals surface area (Å²) in [6.07, 6.45) is 1.81. The summed E-state index contributed by atoms with van der Waals surface area (Å²) in [5.74, 6) is -0.277. The lowest BCUT2D eigenvalue weighted by atomic mass is 9.82. The number of aromatic amines is 1. The fraction of sp³-hybridized carbons (Fsp3) is 0.250. The molecule has 2 aromatic carbocycles. The molecule has 124 valence electrons. The molecule has 0 saturated heterocycles. The van der Waals surface area contributed by atoms with E-state index in [0.717, 1.165) is 16.6 Å². The molecule has 0 aliphatic rings. The van der Waals surface area contributed by atoms with Crippen molar-refractivity contribution in [3.8, 4) is 0 Å². The van der Waals surface area contributed by atoms with Crippen molar-refractivity contribution in [2.45, 2.75) is 26.2 Å². The fourth-order valence-electron chi connectivity index (χ4n) is 3.12. The molecule has 1 amide bonds. The van der Waals surface area contributed by atoms with Gasteiger partial charge in [-0.2, -0.15) is 0 Å². The summed E-state index contributed by atoms with van der Waals surface area (Å²) in [7, 11) is 0. The van der Waals surface area contributed by atoms with Gasteiger partial charge in [-0.1, -0.05) is 18.2 Å². The maximum Gasteiger partial charge on any atom is 0.237 e. The molecule has 1 heterocycles. The van der Waals surface area contributed by atoms with Gasteiger partial charge in [-0.3, -0.25) is 4.79 Å². The summed E-state index contributed by atoms with van der Waals surface area (Å²) in [4.78, 5) is 18.1. The van der Waals surface area contributed by atoms with Crippen molar-refractivity contribution in [3.05, 3.63) is 66.1 Å². The van der Waals surface area contributed by atoms with Crippen LogP contribution in [0, 0.1) is 5.82 Å². The van der Waals surface area contributed by atoms with E-state index < -0.39 is 5.41 Å². The van der Waals surface area contributed by atoms with Crippen LogP contribution in [0.25, 0.3) is 10.9 Å². The molecule has 0 atom stereocenters. The third-order valence-corrected chi connectivity index (χ3v) is 4.48. The van der Waals surface area contributed by atoms with Crippen molar-refractivity contribution < 1.29 is 9.18 Å². The van der Waals surface area contributed by atoms with Gasteiger partial charge < -0.3 is 9.88 Å². The number of fused-ring (bicyclic) bond motifs is 1. The molecular weight excluding hydrogens is 303 g/mol. The summed E-state index contributed by atoms with van der Waals surface area (Å²) in [5.41, 5.74) is 1.72. The van der Waals surface area contributed by atoms with E-state index in [2.05, 4.69) is 4.98 Å². The van der Waals surface area contributed by atoms with E-state index in [9.17, 15) is 9.18 Å². The number of aromatic nitrogens is 1. The first-order chi connectivity index (χ1) is 11.4. The van der Waals surface area contributed by atoms with Gasteiger partial charge in [0.05, 0.1) is 5.41 Å². The average molecular weight is 324 g/mol. The minimum absolute atomic E-state index is 0.0152. The predicted octanol–water partition coefficient (Wildman–Crippen LogP) is 4.64. The lowest BCUT2D eigenvalue weighted by Gasteiger charge is -2.31. The Morgan fingerprint density at radius 3 is 2.54 bits per heavy atom. The van der Waals surface area contributed by atoms with Crippen LogP contribution >= 0.6 is 0 Å². The Labute approximate surface area is 141 Å². The number of nitrogens with zero attached hydrogens (tertiary/aromatic N) is 1. The Bertz CT molecular complexity index is 868. The number of H-pyrrole nitrogens is 1. The quantitative estimate of drug-likeness (QED) is 0.746. The summed E-state index contributed by atoms with van der Waals surface area (Å²) in [6, 6.07) is 14.2. The smallest absolute Gasteiger partial charge is 0.237 e. The van der Waals surface area contributed by atoms with E-state index >= 15 is 0 Å². The third-order valence-electron chi connectivity index (χ3n) is 4.48. The number of para-hydroxylation sites is 1. The van der Waals surface area contributed by atoms with Gasteiger partial charge in [0.15, 0.2) is 0 Å². The van der Waals surface area contributed by atoms with Crippen molar-refractivity contribution >= 4 is 22.5 Å². The largest absolute Gasteiger partial charge is 0.361 e. The van der Waals surface area contributed by atoms with Crippen molar-refractivity contribution in [2.24, 2.45) is 0 Å². The zero-order chi connectivity index (χ0) is 17.3. The van der Waals surface area contributed by atoms with Crippen molar-refractivity contribution in [1.82, 2.24) is 4.98 Å². The maximum absolute atomic E-state index is 13.4. The Kier molecular flexibility index (Phi) is 4.14. The molecule has 24 heavy (non-hydrogen) atoms. The Hall–Kier alpha value is -2.62. The average Bonchev–Trinajstić information content (AvgIpc) is 3.00. The summed E-state index contributed by atoms with van der Waals surface area (Å²) in [5, 5.41) is 0.874. The second kappa shape index (κ2) is 6.11. The number of amides is 1. The number of benzene rings is 2. The standard InChI is InChI=1S/C20H21FN2O/c1-4-23(15-8-6-5-7-9-15)19(24)20(2,3)17-13-22-18-12-14(21)10-11-16(17)18/h5-13,22H,4H2,1-3H3. The third kappa shape index (κ3) is 2.68. The first kappa shape index (κ1) is 16.2. The van der Waals surface area contributed by atoms with Gasteiger partial charge in [0.1, 0.15) is 5.82 Å². The number of likely N-dealkylation sites (N-methyl/N-ethyl adjacent to an activating group) is 1. The number of carbonyl (C=O) groups is 1. The van der Waals surface area contributed by atoms with E-state index in [1.165, 1.54) is 12.1 Å². The highest BCUT2D eigenvalue weighted by Gasteiger charge is 2.35. The minimum Gasteiger partial charge on any atom is -0.361 e. The van der Waals surface area contributed by atoms with Crippen molar-refractivity contribution in [1.29, 1.82) is 0 Å². The summed E-state index contributed by atoms with van der Waals surface area (Å²) in [6.45, 7) is 6.37. The molecule has 1 aromatic heterocycles. The first-order valence-corrected chi connectivity index (χ1v) is 8.09. The van der Waals surface area contributed by atoms with Gasteiger partial charge >= 0.3 is 0 Å². The van der Waals surface area contributed by atoms with Crippen LogP contribution in [0.3, 0.4) is 0 Å². The van der Waals surface area contributed by atoms with E-state index in [1.807, 2.05) is 51.1 Å². The van der Waals surface area contributed by atoms with Gasteiger partial charge in [0.2, 0.25) is 5.91 Å². The number of halogens is 1. The molecule has 0 fully saturated rings. The van der Waals surface area contributed by atoms with Crippen LogP contribution in [0.5, 0.6) is 0 Å². The molecule has 0 unspecified atom stereocenters. The van der Waals surface area contributed by atoms with Crippen LogP contribution in [0.2, 0.25) is 0 Å². The van der Waals surface area contributed by atoms with Gasteiger partial charge in [-0.05, 0) is 56.7 Å². The molecule has 0 bridgehead atoms. The first-order valence-electron chi connectivity index (χ1n) is 8.09. The molecular formula is C20H21FN2O. The minimum atomic E-state index is -0.734. The topological polar surface area (TPSA) is 36.1 Å². The lowest BCUT2D eigenvalue weighted by molar-refractivity contribution is -0.122. The molecule has 0 saturated carbocycles. The second-order valence-electron chi connectivity index (χ2n) is 6.40. The Balaban J connectivity index is 2.03. The monoisotopic (exact) mass is 324 g/mol.